The summed E-state index contributed by atoms with van der Waals surface area (Å²) in [6.45, 7) is 2.28. The number of rotatable bonds is 4. The van der Waals surface area contributed by atoms with E-state index in [4.69, 9.17) is 0 Å². The van der Waals surface area contributed by atoms with Gasteiger partial charge in [0.1, 0.15) is 0 Å². The molecule has 0 radical (unpaired) electrons. The van der Waals surface area contributed by atoms with E-state index in [2.05, 4.69) is 38.4 Å². The minimum atomic E-state index is 0.0340. The molecule has 0 saturated carbocycles. The van der Waals surface area contributed by atoms with Gasteiger partial charge in [0, 0.05) is 35.0 Å². The Labute approximate surface area is 109 Å². The van der Waals surface area contributed by atoms with E-state index in [1.165, 1.54) is 10.9 Å². The fourth-order valence-electron chi connectivity index (χ4n) is 1.90. The summed E-state index contributed by atoms with van der Waals surface area (Å²) in [5.41, 5.74) is 2.45. The first-order valence-corrected chi connectivity index (χ1v) is 6.46. The summed E-state index contributed by atoms with van der Waals surface area (Å²) in [6.07, 6.45) is 3.97. The zero-order valence-corrected chi connectivity index (χ0v) is 11.3. The number of carbonyl (C=O) groups excluding carboxylic acids is 1. The molecule has 1 aromatic carbocycles. The molecule has 90 valence electrons. The standard InChI is InChI=1S/C13H15BrN2O/c1-9(17)15-6-2-3-10-8-16-13-5-4-11(14)7-12(10)13/h4-5,7-8,16H,2-3,6H2,1H3,(H,15,17). The molecule has 0 bridgehead atoms. The van der Waals surface area contributed by atoms with Gasteiger partial charge < -0.3 is 10.3 Å². The molecule has 2 aromatic rings. The third-order valence-corrected chi connectivity index (χ3v) is 3.22. The van der Waals surface area contributed by atoms with Crippen molar-refractivity contribution in [2.24, 2.45) is 0 Å². The molecule has 0 fully saturated rings. The minimum absolute atomic E-state index is 0.0340. The van der Waals surface area contributed by atoms with Crippen LogP contribution in [0.25, 0.3) is 10.9 Å². The molecule has 0 unspecified atom stereocenters. The Morgan fingerprint density at radius 1 is 1.47 bits per heavy atom. The second kappa shape index (κ2) is 5.36. The predicted octanol–water partition coefficient (Wildman–Crippen LogP) is 3.00. The quantitative estimate of drug-likeness (QED) is 0.837. The summed E-state index contributed by atoms with van der Waals surface area (Å²) in [5, 5.41) is 4.06. The van der Waals surface area contributed by atoms with Crippen molar-refractivity contribution in [3.05, 3.63) is 34.4 Å². The molecule has 2 rings (SSSR count). The number of hydrogen-bond acceptors (Lipinski definition) is 1. The summed E-state index contributed by atoms with van der Waals surface area (Å²) >= 11 is 3.48. The number of amides is 1. The average molecular weight is 295 g/mol. The minimum Gasteiger partial charge on any atom is -0.361 e. The van der Waals surface area contributed by atoms with Crippen molar-refractivity contribution in [3.63, 3.8) is 0 Å². The molecule has 0 spiro atoms. The van der Waals surface area contributed by atoms with Gasteiger partial charge in [-0.05, 0) is 36.6 Å². The number of aromatic amines is 1. The van der Waals surface area contributed by atoms with Crippen molar-refractivity contribution in [2.75, 3.05) is 6.54 Å². The molecule has 3 nitrogen and oxygen atoms in total. The Kier molecular flexibility index (Phi) is 3.84. The Morgan fingerprint density at radius 2 is 2.29 bits per heavy atom. The van der Waals surface area contributed by atoms with Crippen molar-refractivity contribution in [1.29, 1.82) is 0 Å². The summed E-state index contributed by atoms with van der Waals surface area (Å²) in [4.78, 5) is 14.0. The number of H-pyrrole nitrogens is 1. The Bertz CT molecular complexity index is 533. The summed E-state index contributed by atoms with van der Waals surface area (Å²) in [7, 11) is 0. The van der Waals surface area contributed by atoms with Crippen LogP contribution in [0.5, 0.6) is 0 Å². The summed E-state index contributed by atoms with van der Waals surface area (Å²) < 4.78 is 1.09. The molecule has 0 aliphatic rings. The molecular formula is C13H15BrN2O. The second-order valence-corrected chi connectivity index (χ2v) is 5.01. The molecule has 1 heterocycles. The molecule has 0 saturated heterocycles. The highest BCUT2D eigenvalue weighted by Gasteiger charge is 2.03. The highest BCUT2D eigenvalue weighted by Crippen LogP contribution is 2.23. The van der Waals surface area contributed by atoms with Crippen molar-refractivity contribution < 1.29 is 4.79 Å². The zero-order chi connectivity index (χ0) is 12.3. The van der Waals surface area contributed by atoms with Crippen LogP contribution in [0.15, 0.2) is 28.9 Å². The van der Waals surface area contributed by atoms with Crippen LogP contribution in [0.1, 0.15) is 18.9 Å². The van der Waals surface area contributed by atoms with Gasteiger partial charge in [-0.1, -0.05) is 15.9 Å². The molecule has 17 heavy (non-hydrogen) atoms. The number of hydrogen-bond donors (Lipinski definition) is 2. The van der Waals surface area contributed by atoms with Crippen molar-refractivity contribution in [1.82, 2.24) is 10.3 Å². The zero-order valence-electron chi connectivity index (χ0n) is 9.72. The number of halogens is 1. The Balaban J connectivity index is 2.03. The Hall–Kier alpha value is -1.29. The van der Waals surface area contributed by atoms with Crippen LogP contribution >= 0.6 is 15.9 Å². The maximum Gasteiger partial charge on any atom is 0.216 e. The van der Waals surface area contributed by atoms with Crippen LogP contribution < -0.4 is 5.32 Å². The van der Waals surface area contributed by atoms with Gasteiger partial charge in [-0.15, -0.1) is 0 Å². The third kappa shape index (κ3) is 3.09. The van der Waals surface area contributed by atoms with Gasteiger partial charge in [0.15, 0.2) is 0 Å². The van der Waals surface area contributed by atoms with Gasteiger partial charge >= 0.3 is 0 Å². The summed E-state index contributed by atoms with van der Waals surface area (Å²) in [5.74, 6) is 0.0340. The first kappa shape index (κ1) is 12.2. The van der Waals surface area contributed by atoms with Gasteiger partial charge in [-0.2, -0.15) is 0 Å². The van der Waals surface area contributed by atoms with E-state index in [1.807, 2.05) is 12.3 Å². The van der Waals surface area contributed by atoms with Crippen LogP contribution in [0.4, 0.5) is 0 Å². The Morgan fingerprint density at radius 3 is 3.06 bits per heavy atom. The molecular weight excluding hydrogens is 280 g/mol. The van der Waals surface area contributed by atoms with Gasteiger partial charge in [0.2, 0.25) is 5.91 Å². The van der Waals surface area contributed by atoms with Crippen molar-refractivity contribution >= 4 is 32.7 Å². The van der Waals surface area contributed by atoms with Crippen LogP contribution in [0.3, 0.4) is 0 Å². The molecule has 1 amide bonds. The van der Waals surface area contributed by atoms with E-state index in [1.54, 1.807) is 6.92 Å². The third-order valence-electron chi connectivity index (χ3n) is 2.73. The number of carbonyl (C=O) groups is 1. The lowest BCUT2D eigenvalue weighted by atomic mass is 10.1. The van der Waals surface area contributed by atoms with E-state index < -0.39 is 0 Å². The molecule has 1 aromatic heterocycles. The van der Waals surface area contributed by atoms with E-state index in [-0.39, 0.29) is 5.91 Å². The second-order valence-electron chi connectivity index (χ2n) is 4.09. The van der Waals surface area contributed by atoms with E-state index in [0.717, 1.165) is 29.4 Å². The lowest BCUT2D eigenvalue weighted by Crippen LogP contribution is -2.21. The van der Waals surface area contributed by atoms with Gasteiger partial charge in [-0.3, -0.25) is 4.79 Å². The first-order chi connectivity index (χ1) is 8.16. The lowest BCUT2D eigenvalue weighted by Gasteiger charge is -2.01. The van der Waals surface area contributed by atoms with Crippen molar-refractivity contribution in [3.8, 4) is 0 Å². The number of aromatic nitrogens is 1. The highest BCUT2D eigenvalue weighted by atomic mass is 79.9. The number of fused-ring (bicyclic) bond motifs is 1. The van der Waals surface area contributed by atoms with Crippen molar-refractivity contribution in [2.45, 2.75) is 19.8 Å². The first-order valence-electron chi connectivity index (χ1n) is 5.67. The molecule has 0 atom stereocenters. The SMILES string of the molecule is CC(=O)NCCCc1c[nH]c2ccc(Br)cc12. The highest BCUT2D eigenvalue weighted by molar-refractivity contribution is 9.10. The maximum atomic E-state index is 10.7. The van der Waals surface area contributed by atoms with Crippen LogP contribution in [0, 0.1) is 0 Å². The van der Waals surface area contributed by atoms with Crippen LogP contribution in [-0.2, 0) is 11.2 Å². The smallest absolute Gasteiger partial charge is 0.216 e. The monoisotopic (exact) mass is 294 g/mol. The normalized spacial score (nSPS) is 10.7. The predicted molar refractivity (Wildman–Crippen MR) is 73.0 cm³/mol. The summed E-state index contributed by atoms with van der Waals surface area (Å²) in [6, 6.07) is 6.22. The van der Waals surface area contributed by atoms with E-state index >= 15 is 0 Å². The number of aryl methyl sites for hydroxylation is 1. The fourth-order valence-corrected chi connectivity index (χ4v) is 2.26. The molecule has 0 aliphatic heterocycles. The van der Waals surface area contributed by atoms with E-state index in [9.17, 15) is 4.79 Å². The lowest BCUT2D eigenvalue weighted by molar-refractivity contribution is -0.118. The molecule has 2 N–H and O–H groups in total. The van der Waals surface area contributed by atoms with Crippen LogP contribution in [-0.4, -0.2) is 17.4 Å². The molecule has 0 aliphatic carbocycles. The largest absolute Gasteiger partial charge is 0.361 e. The topological polar surface area (TPSA) is 44.9 Å². The fraction of sp³-hybridized carbons (Fsp3) is 0.308. The van der Waals surface area contributed by atoms with Gasteiger partial charge in [0.25, 0.3) is 0 Å². The number of nitrogens with one attached hydrogen (secondary N) is 2. The van der Waals surface area contributed by atoms with E-state index in [0.29, 0.717) is 0 Å². The maximum absolute atomic E-state index is 10.7. The average Bonchev–Trinajstić information content (AvgIpc) is 2.67. The van der Waals surface area contributed by atoms with Crippen LogP contribution in [0.2, 0.25) is 0 Å². The van der Waals surface area contributed by atoms with Gasteiger partial charge in [0.05, 0.1) is 0 Å². The van der Waals surface area contributed by atoms with Gasteiger partial charge in [-0.25, -0.2) is 0 Å². The molecule has 4 heteroatoms. The number of benzene rings is 1.